The molecule has 0 atom stereocenters. The third-order valence-electron chi connectivity index (χ3n) is 6.18. The third-order valence-corrected chi connectivity index (χ3v) is 6.18. The molecule has 1 aliphatic heterocycles. The predicted molar refractivity (Wildman–Crippen MR) is 131 cm³/mol. The van der Waals surface area contributed by atoms with Gasteiger partial charge in [0.15, 0.2) is 11.6 Å². The summed E-state index contributed by atoms with van der Waals surface area (Å²) in [5.74, 6) is 0.825. The summed E-state index contributed by atoms with van der Waals surface area (Å²) in [6.07, 6.45) is 5.03. The van der Waals surface area contributed by atoms with Gasteiger partial charge < -0.3 is 16.0 Å². The molecule has 0 saturated carbocycles. The standard InChI is InChI=1S/C26H26FN7O/c27-21-5-1-3-18(15-21)17-30-24(35)20-4-2-6-22(16-20)32-26(9-13-29-14-10-26)25-31-23(33-34-25)19-7-11-28-12-8-19/h1-8,11-12,15-16,29,32H,9-10,13-14,17H2,(H,30,35)(H,31,33,34). The number of anilines is 1. The van der Waals surface area contributed by atoms with Gasteiger partial charge in [-0.3, -0.25) is 14.9 Å². The van der Waals surface area contributed by atoms with E-state index in [0.717, 1.165) is 43.0 Å². The summed E-state index contributed by atoms with van der Waals surface area (Å²) in [6.45, 7) is 1.90. The Morgan fingerprint density at radius 3 is 2.63 bits per heavy atom. The number of pyridine rings is 1. The Hall–Kier alpha value is -4.11. The van der Waals surface area contributed by atoms with Gasteiger partial charge in [0.2, 0.25) is 0 Å². The third kappa shape index (κ3) is 5.20. The summed E-state index contributed by atoms with van der Waals surface area (Å²) in [6, 6.07) is 17.3. The van der Waals surface area contributed by atoms with E-state index in [1.165, 1.54) is 12.1 Å². The van der Waals surface area contributed by atoms with Crippen molar-refractivity contribution < 1.29 is 9.18 Å². The second-order valence-corrected chi connectivity index (χ2v) is 8.59. The zero-order valence-corrected chi connectivity index (χ0v) is 19.1. The number of H-pyrrole nitrogens is 1. The number of aromatic nitrogens is 4. The van der Waals surface area contributed by atoms with Crippen molar-refractivity contribution in [3.05, 3.63) is 95.8 Å². The first kappa shape index (κ1) is 22.7. The molecule has 1 amide bonds. The minimum Gasteiger partial charge on any atom is -0.373 e. The van der Waals surface area contributed by atoms with E-state index in [1.807, 2.05) is 30.3 Å². The van der Waals surface area contributed by atoms with E-state index in [0.29, 0.717) is 17.0 Å². The molecule has 2 aromatic heterocycles. The highest BCUT2D eigenvalue weighted by Gasteiger charge is 2.37. The molecular formula is C26H26FN7O. The van der Waals surface area contributed by atoms with Gasteiger partial charge in [0.25, 0.3) is 5.91 Å². The minimum atomic E-state index is -0.458. The number of nitrogens with one attached hydrogen (secondary N) is 4. The van der Waals surface area contributed by atoms with E-state index in [1.54, 1.807) is 30.6 Å². The Bertz CT molecular complexity index is 1300. The van der Waals surface area contributed by atoms with Gasteiger partial charge in [0.05, 0.1) is 5.54 Å². The van der Waals surface area contributed by atoms with Gasteiger partial charge in [-0.05, 0) is 74.0 Å². The van der Waals surface area contributed by atoms with Crippen molar-refractivity contribution in [1.82, 2.24) is 30.8 Å². The fraction of sp³-hybridized carbons (Fsp3) is 0.231. The molecule has 0 spiro atoms. The number of nitrogens with zero attached hydrogens (tertiary/aromatic N) is 3. The number of piperidine rings is 1. The van der Waals surface area contributed by atoms with E-state index in [2.05, 4.69) is 31.1 Å². The van der Waals surface area contributed by atoms with Crippen molar-refractivity contribution in [3.8, 4) is 11.4 Å². The zero-order valence-electron chi connectivity index (χ0n) is 19.1. The smallest absolute Gasteiger partial charge is 0.251 e. The lowest BCUT2D eigenvalue weighted by molar-refractivity contribution is 0.0951. The average molecular weight is 472 g/mol. The Kier molecular flexibility index (Phi) is 6.49. The first-order chi connectivity index (χ1) is 17.1. The maximum absolute atomic E-state index is 13.4. The molecule has 0 aliphatic carbocycles. The van der Waals surface area contributed by atoms with Crippen molar-refractivity contribution in [1.29, 1.82) is 0 Å². The molecule has 3 heterocycles. The number of rotatable bonds is 7. The van der Waals surface area contributed by atoms with Gasteiger partial charge in [-0.25, -0.2) is 9.37 Å². The van der Waals surface area contributed by atoms with Crippen LogP contribution in [-0.4, -0.2) is 39.2 Å². The summed E-state index contributed by atoms with van der Waals surface area (Å²) < 4.78 is 13.4. The van der Waals surface area contributed by atoms with Crippen LogP contribution in [0.3, 0.4) is 0 Å². The van der Waals surface area contributed by atoms with Crippen molar-refractivity contribution in [2.75, 3.05) is 18.4 Å². The van der Waals surface area contributed by atoms with Crippen molar-refractivity contribution in [2.24, 2.45) is 0 Å². The predicted octanol–water partition coefficient (Wildman–Crippen LogP) is 3.63. The zero-order chi connectivity index (χ0) is 24.1. The second kappa shape index (κ2) is 10.0. The van der Waals surface area contributed by atoms with Gasteiger partial charge in [0.1, 0.15) is 5.82 Å². The maximum atomic E-state index is 13.4. The highest BCUT2D eigenvalue weighted by Crippen LogP contribution is 2.33. The van der Waals surface area contributed by atoms with E-state index in [4.69, 9.17) is 4.98 Å². The molecule has 9 heteroatoms. The first-order valence-electron chi connectivity index (χ1n) is 11.6. The molecule has 0 radical (unpaired) electrons. The van der Waals surface area contributed by atoms with Gasteiger partial charge >= 0.3 is 0 Å². The van der Waals surface area contributed by atoms with Gasteiger partial charge in [-0.1, -0.05) is 18.2 Å². The molecule has 0 unspecified atom stereocenters. The number of carbonyl (C=O) groups is 1. The monoisotopic (exact) mass is 471 g/mol. The molecule has 4 aromatic rings. The number of hydrogen-bond acceptors (Lipinski definition) is 6. The number of hydrogen-bond donors (Lipinski definition) is 4. The molecule has 2 aromatic carbocycles. The molecule has 4 N–H and O–H groups in total. The SMILES string of the molecule is O=C(NCc1cccc(F)c1)c1cccc(NC2(c3nc(-c4ccncc4)n[nH]3)CCNCC2)c1. The van der Waals surface area contributed by atoms with E-state index < -0.39 is 5.54 Å². The lowest BCUT2D eigenvalue weighted by Gasteiger charge is -2.37. The van der Waals surface area contributed by atoms with Crippen LogP contribution in [0, 0.1) is 5.82 Å². The van der Waals surface area contributed by atoms with Crippen LogP contribution in [0.15, 0.2) is 73.1 Å². The molecule has 0 bridgehead atoms. The van der Waals surface area contributed by atoms with Crippen LogP contribution in [-0.2, 0) is 12.1 Å². The van der Waals surface area contributed by atoms with Crippen LogP contribution in [0.1, 0.15) is 34.6 Å². The highest BCUT2D eigenvalue weighted by atomic mass is 19.1. The second-order valence-electron chi connectivity index (χ2n) is 8.59. The molecule has 1 fully saturated rings. The molecule has 1 aliphatic rings. The molecule has 35 heavy (non-hydrogen) atoms. The van der Waals surface area contributed by atoms with Gasteiger partial charge in [-0.15, -0.1) is 0 Å². The summed E-state index contributed by atoms with van der Waals surface area (Å²) in [7, 11) is 0. The van der Waals surface area contributed by atoms with Crippen molar-refractivity contribution in [3.63, 3.8) is 0 Å². The normalized spacial score (nSPS) is 14.9. The molecule has 8 nitrogen and oxygen atoms in total. The molecule has 5 rings (SSSR count). The lowest BCUT2D eigenvalue weighted by Crippen LogP contribution is -2.46. The van der Waals surface area contributed by atoms with Gasteiger partial charge in [0, 0.05) is 35.8 Å². The summed E-state index contributed by atoms with van der Waals surface area (Å²) in [5.41, 5.74) is 2.47. The van der Waals surface area contributed by atoms with Gasteiger partial charge in [-0.2, -0.15) is 5.10 Å². The number of carbonyl (C=O) groups excluding carboxylic acids is 1. The highest BCUT2D eigenvalue weighted by molar-refractivity contribution is 5.95. The summed E-state index contributed by atoms with van der Waals surface area (Å²) in [4.78, 5) is 21.6. The average Bonchev–Trinajstić information content (AvgIpc) is 3.40. The van der Waals surface area contributed by atoms with Crippen LogP contribution in [0.4, 0.5) is 10.1 Å². The summed E-state index contributed by atoms with van der Waals surface area (Å²) >= 11 is 0. The Morgan fingerprint density at radius 1 is 1.03 bits per heavy atom. The largest absolute Gasteiger partial charge is 0.373 e. The van der Waals surface area contributed by atoms with Crippen LogP contribution in [0.2, 0.25) is 0 Å². The Labute approximate surface area is 202 Å². The Balaban J connectivity index is 1.35. The van der Waals surface area contributed by atoms with Crippen molar-refractivity contribution >= 4 is 11.6 Å². The Morgan fingerprint density at radius 2 is 1.83 bits per heavy atom. The van der Waals surface area contributed by atoms with E-state index in [9.17, 15) is 9.18 Å². The fourth-order valence-electron chi connectivity index (χ4n) is 4.33. The number of amides is 1. The molecule has 178 valence electrons. The number of halogens is 1. The van der Waals surface area contributed by atoms with E-state index in [-0.39, 0.29) is 18.3 Å². The van der Waals surface area contributed by atoms with Crippen LogP contribution >= 0.6 is 0 Å². The topological polar surface area (TPSA) is 108 Å². The lowest BCUT2D eigenvalue weighted by atomic mass is 9.87. The fourth-order valence-corrected chi connectivity index (χ4v) is 4.33. The summed E-state index contributed by atoms with van der Waals surface area (Å²) in [5, 5.41) is 17.5. The molecular weight excluding hydrogens is 445 g/mol. The molecule has 1 saturated heterocycles. The number of aromatic amines is 1. The quantitative estimate of drug-likeness (QED) is 0.328. The van der Waals surface area contributed by atoms with Crippen LogP contribution in [0.25, 0.3) is 11.4 Å². The van der Waals surface area contributed by atoms with E-state index >= 15 is 0 Å². The van der Waals surface area contributed by atoms with Crippen LogP contribution < -0.4 is 16.0 Å². The minimum absolute atomic E-state index is 0.225. The van der Waals surface area contributed by atoms with Crippen LogP contribution in [0.5, 0.6) is 0 Å². The maximum Gasteiger partial charge on any atom is 0.251 e. The number of benzene rings is 2. The first-order valence-corrected chi connectivity index (χ1v) is 11.6. The van der Waals surface area contributed by atoms with Crippen molar-refractivity contribution in [2.45, 2.75) is 24.9 Å².